The van der Waals surface area contributed by atoms with Gasteiger partial charge in [-0.25, -0.2) is 9.78 Å². The summed E-state index contributed by atoms with van der Waals surface area (Å²) in [5, 5.41) is 27.9. The normalized spacial score (nSPS) is 30.4. The molecule has 5 aliphatic carbocycles. The summed E-state index contributed by atoms with van der Waals surface area (Å²) in [7, 11) is 0. The third-order valence-corrected chi connectivity index (χ3v) is 11.6. The van der Waals surface area contributed by atoms with Crippen LogP contribution in [0.25, 0.3) is 21.5 Å². The van der Waals surface area contributed by atoms with Crippen LogP contribution >= 0.6 is 34.5 Å². The Kier molecular flexibility index (Phi) is 5.90. The number of ether oxygens (including phenoxy) is 1. The summed E-state index contributed by atoms with van der Waals surface area (Å²) in [6, 6.07) is 10.4. The number of nitrogens with zero attached hydrogens (tertiary/aromatic N) is 2. The lowest BCUT2D eigenvalue weighted by molar-refractivity contribution is -0.250. The quantitative estimate of drug-likeness (QED) is 0.220. The van der Waals surface area contributed by atoms with E-state index in [2.05, 4.69) is 5.16 Å². The number of halogens is 2. The van der Waals surface area contributed by atoms with E-state index in [1.54, 1.807) is 18.2 Å². The molecule has 212 valence electrons. The third-order valence-electron chi connectivity index (χ3n) is 9.84. The predicted octanol–water partition coefficient (Wildman–Crippen LogP) is 7.82. The predicted molar refractivity (Wildman–Crippen MR) is 155 cm³/mol. The highest BCUT2D eigenvalue weighted by Gasteiger charge is 2.64. The van der Waals surface area contributed by atoms with Crippen LogP contribution in [0.5, 0.6) is 0 Å². The van der Waals surface area contributed by atoms with Crippen LogP contribution in [0.4, 0.5) is 0 Å². The summed E-state index contributed by atoms with van der Waals surface area (Å²) < 4.78 is 13.6. The number of benzene rings is 2. The summed E-state index contributed by atoms with van der Waals surface area (Å²) in [5.41, 5.74) is 1.83. The molecule has 2 aromatic carbocycles. The number of carbonyl (C=O) groups is 1. The van der Waals surface area contributed by atoms with Gasteiger partial charge in [-0.15, -0.1) is 11.3 Å². The summed E-state index contributed by atoms with van der Waals surface area (Å²) in [4.78, 5) is 16.3. The van der Waals surface area contributed by atoms with E-state index in [0.29, 0.717) is 44.8 Å². The molecule has 5 aliphatic rings. The number of hydrogen-bond donors (Lipinski definition) is 2. The Morgan fingerprint density at radius 1 is 1.10 bits per heavy atom. The van der Waals surface area contributed by atoms with Crippen molar-refractivity contribution in [2.24, 2.45) is 17.8 Å². The van der Waals surface area contributed by atoms with Gasteiger partial charge >= 0.3 is 5.97 Å². The van der Waals surface area contributed by atoms with Gasteiger partial charge < -0.3 is 19.5 Å². The fraction of sp³-hybridized carbons (Fsp3) is 0.452. The van der Waals surface area contributed by atoms with E-state index in [1.165, 1.54) is 11.3 Å². The van der Waals surface area contributed by atoms with E-state index in [-0.39, 0.29) is 23.0 Å². The molecule has 2 aromatic heterocycles. The first-order chi connectivity index (χ1) is 19.7. The Balaban J connectivity index is 1.10. The van der Waals surface area contributed by atoms with E-state index >= 15 is 0 Å². The fourth-order valence-corrected chi connectivity index (χ4v) is 9.77. The van der Waals surface area contributed by atoms with Gasteiger partial charge in [0, 0.05) is 17.0 Å². The number of carboxylic acid groups (broad SMARTS) is 1. The van der Waals surface area contributed by atoms with Crippen molar-refractivity contribution in [2.45, 2.75) is 68.7 Å². The summed E-state index contributed by atoms with van der Waals surface area (Å²) in [6.07, 6.45) is 6.49. The van der Waals surface area contributed by atoms with Gasteiger partial charge in [0.2, 0.25) is 0 Å². The topological polar surface area (TPSA) is 106 Å². The van der Waals surface area contributed by atoms with Crippen molar-refractivity contribution >= 4 is 50.7 Å². The largest absolute Gasteiger partial charge is 0.478 e. The zero-order valence-corrected chi connectivity index (χ0v) is 24.4. The average Bonchev–Trinajstić information content (AvgIpc) is 3.55. The van der Waals surface area contributed by atoms with Crippen molar-refractivity contribution in [3.05, 3.63) is 68.3 Å². The first-order valence-electron chi connectivity index (χ1n) is 14.2. The number of hydrogen-bond acceptors (Lipinski definition) is 7. The number of carboxylic acids is 1. The molecule has 10 heteroatoms. The maximum Gasteiger partial charge on any atom is 0.335 e. The fourth-order valence-electron chi connectivity index (χ4n) is 7.94. The second-order valence-electron chi connectivity index (χ2n) is 12.4. The maximum absolute atomic E-state index is 12.3. The average molecular weight is 612 g/mol. The molecule has 2 heterocycles. The summed E-state index contributed by atoms with van der Waals surface area (Å²) in [6.45, 7) is 0.357. The Labute approximate surface area is 250 Å². The van der Waals surface area contributed by atoms with Gasteiger partial charge in [0.1, 0.15) is 22.1 Å². The second-order valence-corrected chi connectivity index (χ2v) is 14.2. The van der Waals surface area contributed by atoms with Crippen molar-refractivity contribution in [1.82, 2.24) is 10.1 Å². The number of fused-ring (bicyclic) bond motifs is 1. The van der Waals surface area contributed by atoms with Crippen molar-refractivity contribution in [2.75, 3.05) is 0 Å². The van der Waals surface area contributed by atoms with Crippen LogP contribution in [0.2, 0.25) is 10.0 Å². The zero-order valence-electron chi connectivity index (χ0n) is 22.1. The minimum absolute atomic E-state index is 0.0242. The number of aromatic nitrogens is 2. The van der Waals surface area contributed by atoms with Crippen LogP contribution in [0.1, 0.15) is 77.6 Å². The van der Waals surface area contributed by atoms with Crippen LogP contribution in [0.15, 0.2) is 40.9 Å². The number of rotatable bonds is 7. The van der Waals surface area contributed by atoms with Gasteiger partial charge in [0.15, 0.2) is 0 Å². The van der Waals surface area contributed by atoms with E-state index in [9.17, 15) is 15.0 Å². The highest BCUT2D eigenvalue weighted by molar-refractivity contribution is 7.18. The first kappa shape index (κ1) is 26.2. The number of aromatic carboxylic acids is 1. The Hall–Kier alpha value is -2.49. The van der Waals surface area contributed by atoms with Gasteiger partial charge in [0.05, 0.1) is 38.0 Å². The molecule has 2 N–H and O–H groups in total. The van der Waals surface area contributed by atoms with Crippen LogP contribution in [-0.4, -0.2) is 31.9 Å². The molecule has 4 aromatic rings. The standard InChI is InChI=1S/C31H28Cl2N2O5S/c32-21-2-1-3-22(33)25(21)26-20(27(40-35-26)16-4-5-16)14-39-30-11-15-8-18(12-30)31(38,19(9-15)13-30)29-34-23-7-6-17(28(36)37)10-24(23)41-29/h1-3,6-7,10,15-16,18-19,38H,4-5,8-9,11-14H2,(H,36,37)/t15?,18-,19+,30+,31-. The molecule has 5 atom stereocenters. The molecule has 7 nitrogen and oxygen atoms in total. The molecular formula is C31H28Cl2N2O5S. The molecule has 41 heavy (non-hydrogen) atoms. The smallest absolute Gasteiger partial charge is 0.335 e. The van der Waals surface area contributed by atoms with Crippen molar-refractivity contribution in [3.8, 4) is 11.3 Å². The number of aliphatic hydroxyl groups is 1. The lowest BCUT2D eigenvalue weighted by atomic mass is 9.48. The summed E-state index contributed by atoms with van der Waals surface area (Å²) >= 11 is 14.6. The van der Waals surface area contributed by atoms with E-state index in [1.807, 2.05) is 18.2 Å². The van der Waals surface area contributed by atoms with Crippen LogP contribution in [-0.2, 0) is 16.9 Å². The molecule has 5 fully saturated rings. The van der Waals surface area contributed by atoms with Crippen LogP contribution in [0, 0.1) is 17.8 Å². The molecule has 0 radical (unpaired) electrons. The molecule has 0 aliphatic heterocycles. The van der Waals surface area contributed by atoms with Crippen molar-refractivity contribution in [3.63, 3.8) is 0 Å². The van der Waals surface area contributed by atoms with Crippen LogP contribution in [0.3, 0.4) is 0 Å². The second kappa shape index (κ2) is 9.25. The van der Waals surface area contributed by atoms with E-state index in [0.717, 1.165) is 66.5 Å². The molecular weight excluding hydrogens is 583 g/mol. The summed E-state index contributed by atoms with van der Waals surface area (Å²) in [5.74, 6) is 0.786. The third kappa shape index (κ3) is 4.09. The lowest BCUT2D eigenvalue weighted by Crippen LogP contribution is -2.62. The maximum atomic E-state index is 12.3. The van der Waals surface area contributed by atoms with Gasteiger partial charge in [0.25, 0.3) is 0 Å². The van der Waals surface area contributed by atoms with Gasteiger partial charge in [-0.05, 0) is 93.0 Å². The van der Waals surface area contributed by atoms with Gasteiger partial charge in [-0.2, -0.15) is 0 Å². The molecule has 0 saturated heterocycles. The van der Waals surface area contributed by atoms with Crippen molar-refractivity contribution in [1.29, 1.82) is 0 Å². The highest BCUT2D eigenvalue weighted by Crippen LogP contribution is 2.65. The van der Waals surface area contributed by atoms with Crippen LogP contribution < -0.4 is 0 Å². The molecule has 1 unspecified atom stereocenters. The molecule has 9 rings (SSSR count). The molecule has 5 saturated carbocycles. The Morgan fingerprint density at radius 3 is 2.51 bits per heavy atom. The van der Waals surface area contributed by atoms with E-state index in [4.69, 9.17) is 37.4 Å². The Bertz CT molecular complexity index is 1680. The van der Waals surface area contributed by atoms with Crippen molar-refractivity contribution < 1.29 is 24.3 Å². The number of thiazole rings is 1. The monoisotopic (exact) mass is 610 g/mol. The minimum atomic E-state index is -1.04. The Morgan fingerprint density at radius 2 is 1.83 bits per heavy atom. The van der Waals surface area contributed by atoms with E-state index < -0.39 is 11.6 Å². The first-order valence-corrected chi connectivity index (χ1v) is 15.7. The highest BCUT2D eigenvalue weighted by atomic mass is 35.5. The SMILES string of the molecule is O=C(O)c1ccc2nc([C@@]3(O)[C@@H]4CC5C[C@H]3C[C@](OCc3c(-c6c(Cl)cccc6Cl)noc3C3CC3)(C5)C4)sc2c1. The van der Waals surface area contributed by atoms with Gasteiger partial charge in [-0.1, -0.05) is 34.4 Å². The minimum Gasteiger partial charge on any atom is -0.478 e. The molecule has 0 amide bonds. The zero-order chi connectivity index (χ0) is 28.1. The molecule has 4 bridgehead atoms. The molecule has 0 spiro atoms. The lowest BCUT2D eigenvalue weighted by Gasteiger charge is -2.62. The van der Waals surface area contributed by atoms with Gasteiger partial charge in [-0.3, -0.25) is 0 Å².